The molecule has 0 aliphatic carbocycles. The van der Waals surface area contributed by atoms with Gasteiger partial charge in [-0.3, -0.25) is 0 Å². The Balaban J connectivity index is 1.47. The molecular weight excluding hydrogens is 330 g/mol. The van der Waals surface area contributed by atoms with Crippen LogP contribution in [0, 0.1) is 0 Å². The fraction of sp³-hybridized carbons (Fsp3) is 0.611. The zero-order valence-corrected chi connectivity index (χ0v) is 15.7. The van der Waals surface area contributed by atoms with Crippen molar-refractivity contribution >= 4 is 11.6 Å². The lowest BCUT2D eigenvalue weighted by molar-refractivity contribution is 0.117. The molecule has 4 rings (SSSR count). The highest BCUT2D eigenvalue weighted by Crippen LogP contribution is 2.31. The number of anilines is 2. The van der Waals surface area contributed by atoms with Gasteiger partial charge in [0.1, 0.15) is 18.0 Å². The van der Waals surface area contributed by atoms with Crippen LogP contribution in [-0.2, 0) is 4.74 Å². The highest BCUT2D eigenvalue weighted by Gasteiger charge is 2.34. The number of hydrogen-bond acceptors (Lipinski definition) is 7. The highest BCUT2D eigenvalue weighted by molar-refractivity contribution is 5.53. The van der Waals surface area contributed by atoms with E-state index in [-0.39, 0.29) is 6.10 Å². The number of methoxy groups -OCH3 is 1. The molecule has 2 atom stereocenters. The van der Waals surface area contributed by atoms with Crippen LogP contribution in [0.2, 0.25) is 0 Å². The van der Waals surface area contributed by atoms with Gasteiger partial charge in [-0.25, -0.2) is 15.0 Å². The molecule has 2 aromatic heterocycles. The zero-order chi connectivity index (χ0) is 18.1. The molecule has 26 heavy (non-hydrogen) atoms. The maximum Gasteiger partial charge on any atom is 0.134 e. The number of rotatable bonds is 6. The van der Waals surface area contributed by atoms with Crippen LogP contribution < -0.4 is 9.80 Å². The molecule has 0 bridgehead atoms. The Labute approximate surface area is 154 Å². The number of imidazole rings is 1. The number of ether oxygens (including phenoxy) is 1. The Kier molecular flexibility index (Phi) is 4.78. The molecule has 2 fully saturated rings. The van der Waals surface area contributed by atoms with Crippen molar-refractivity contribution in [1.29, 1.82) is 0 Å². The molecular formula is C18H27N7O. The first-order valence-electron chi connectivity index (χ1n) is 9.12. The molecule has 0 unspecified atom stereocenters. The lowest BCUT2D eigenvalue weighted by Crippen LogP contribution is -2.48. The van der Waals surface area contributed by atoms with Gasteiger partial charge in [-0.2, -0.15) is 0 Å². The van der Waals surface area contributed by atoms with E-state index in [1.807, 2.05) is 18.7 Å². The second-order valence-corrected chi connectivity index (χ2v) is 7.46. The van der Waals surface area contributed by atoms with Crippen LogP contribution in [-0.4, -0.2) is 83.9 Å². The molecule has 2 saturated heterocycles. The standard InChI is InChI=1S/C18H27N7O/c1-22(2)8-14-6-16(26-3)11-25(14)18-7-17(20-12-21-18)24-9-15(10-24)23-5-4-19-13-23/h4-5,7,12-16H,6,8-11H2,1-3H3/t14-,16-/m0/s1. The second-order valence-electron chi connectivity index (χ2n) is 7.46. The van der Waals surface area contributed by atoms with E-state index >= 15 is 0 Å². The van der Waals surface area contributed by atoms with E-state index in [0.29, 0.717) is 12.1 Å². The second kappa shape index (κ2) is 7.20. The van der Waals surface area contributed by atoms with Crippen LogP contribution in [0.3, 0.4) is 0 Å². The van der Waals surface area contributed by atoms with Crippen LogP contribution in [0.1, 0.15) is 12.5 Å². The average Bonchev–Trinajstić information content (AvgIpc) is 3.23. The zero-order valence-electron chi connectivity index (χ0n) is 15.7. The summed E-state index contributed by atoms with van der Waals surface area (Å²) >= 11 is 0. The fourth-order valence-electron chi connectivity index (χ4n) is 3.90. The van der Waals surface area contributed by atoms with Crippen LogP contribution in [0.5, 0.6) is 0 Å². The maximum absolute atomic E-state index is 5.62. The Morgan fingerprint density at radius 3 is 2.69 bits per heavy atom. The van der Waals surface area contributed by atoms with Crippen molar-refractivity contribution in [2.45, 2.75) is 24.6 Å². The van der Waals surface area contributed by atoms with E-state index in [0.717, 1.165) is 44.2 Å². The normalized spacial score (nSPS) is 23.7. The molecule has 0 N–H and O–H groups in total. The summed E-state index contributed by atoms with van der Waals surface area (Å²) in [5.74, 6) is 1.99. The average molecular weight is 357 g/mol. The molecule has 0 radical (unpaired) electrons. The van der Waals surface area contributed by atoms with Crippen LogP contribution in [0.15, 0.2) is 31.1 Å². The minimum absolute atomic E-state index is 0.257. The lowest BCUT2D eigenvalue weighted by Gasteiger charge is -2.40. The third-order valence-electron chi connectivity index (χ3n) is 5.35. The summed E-state index contributed by atoms with van der Waals surface area (Å²) in [5.41, 5.74) is 0. The van der Waals surface area contributed by atoms with E-state index in [1.54, 1.807) is 13.4 Å². The smallest absolute Gasteiger partial charge is 0.134 e. The molecule has 8 heteroatoms. The van der Waals surface area contributed by atoms with Crippen molar-refractivity contribution in [3.8, 4) is 0 Å². The first-order chi connectivity index (χ1) is 12.6. The van der Waals surface area contributed by atoms with Crippen molar-refractivity contribution in [3.63, 3.8) is 0 Å². The first-order valence-corrected chi connectivity index (χ1v) is 9.12. The van der Waals surface area contributed by atoms with Gasteiger partial charge < -0.3 is 24.0 Å². The molecule has 0 saturated carbocycles. The number of aromatic nitrogens is 4. The summed E-state index contributed by atoms with van der Waals surface area (Å²) in [6.45, 7) is 3.78. The van der Waals surface area contributed by atoms with E-state index in [4.69, 9.17) is 4.74 Å². The SMILES string of the molecule is CO[C@H]1C[C@@H](CN(C)C)N(c2cc(N3CC(n4ccnc4)C3)ncn2)C1. The molecule has 2 aliphatic rings. The number of nitrogens with zero attached hydrogens (tertiary/aromatic N) is 7. The molecule has 0 spiro atoms. The molecule has 8 nitrogen and oxygen atoms in total. The van der Waals surface area contributed by atoms with Crippen molar-refractivity contribution in [2.75, 3.05) is 57.2 Å². The van der Waals surface area contributed by atoms with Crippen LogP contribution in [0.4, 0.5) is 11.6 Å². The summed E-state index contributed by atoms with van der Waals surface area (Å²) in [5, 5.41) is 0. The number of hydrogen-bond donors (Lipinski definition) is 0. The number of likely N-dealkylation sites (N-methyl/N-ethyl adjacent to an activating group) is 1. The maximum atomic E-state index is 5.62. The van der Waals surface area contributed by atoms with Gasteiger partial charge in [0.25, 0.3) is 0 Å². The van der Waals surface area contributed by atoms with Gasteiger partial charge in [-0.15, -0.1) is 0 Å². The van der Waals surface area contributed by atoms with E-state index in [9.17, 15) is 0 Å². The van der Waals surface area contributed by atoms with Crippen molar-refractivity contribution in [1.82, 2.24) is 24.4 Å². The Hall–Kier alpha value is -2.19. The third kappa shape index (κ3) is 3.39. The monoisotopic (exact) mass is 357 g/mol. The van der Waals surface area contributed by atoms with Crippen molar-refractivity contribution in [3.05, 3.63) is 31.1 Å². The summed E-state index contributed by atoms with van der Waals surface area (Å²) in [6, 6.07) is 3.00. The van der Waals surface area contributed by atoms with Gasteiger partial charge in [-0.1, -0.05) is 0 Å². The topological polar surface area (TPSA) is 62.6 Å². The molecule has 140 valence electrons. The summed E-state index contributed by atoms with van der Waals surface area (Å²) in [7, 11) is 6.02. The molecule has 0 aromatic carbocycles. The Morgan fingerprint density at radius 2 is 2.00 bits per heavy atom. The summed E-state index contributed by atoms with van der Waals surface area (Å²) in [6.07, 6.45) is 8.70. The summed E-state index contributed by atoms with van der Waals surface area (Å²) < 4.78 is 7.78. The van der Waals surface area contributed by atoms with E-state index in [1.165, 1.54) is 0 Å². The minimum Gasteiger partial charge on any atom is -0.380 e. The predicted octanol–water partition coefficient (Wildman–Crippen LogP) is 0.890. The molecule has 0 amide bonds. The lowest BCUT2D eigenvalue weighted by atomic mass is 10.1. The molecule has 4 heterocycles. The largest absolute Gasteiger partial charge is 0.380 e. The van der Waals surface area contributed by atoms with E-state index < -0.39 is 0 Å². The molecule has 2 aromatic rings. The van der Waals surface area contributed by atoms with Gasteiger partial charge in [0.05, 0.1) is 18.5 Å². The quantitative estimate of drug-likeness (QED) is 0.761. The van der Waals surface area contributed by atoms with Crippen LogP contribution >= 0.6 is 0 Å². The Bertz CT molecular complexity index is 714. The van der Waals surface area contributed by atoms with Crippen LogP contribution in [0.25, 0.3) is 0 Å². The summed E-state index contributed by atoms with van der Waals surface area (Å²) in [4.78, 5) is 20.1. The van der Waals surface area contributed by atoms with Gasteiger partial charge >= 0.3 is 0 Å². The third-order valence-corrected chi connectivity index (χ3v) is 5.35. The Morgan fingerprint density at radius 1 is 1.19 bits per heavy atom. The molecule has 2 aliphatic heterocycles. The predicted molar refractivity (Wildman–Crippen MR) is 101 cm³/mol. The van der Waals surface area contributed by atoms with Crippen molar-refractivity contribution in [2.24, 2.45) is 0 Å². The minimum atomic E-state index is 0.257. The van der Waals surface area contributed by atoms with Crippen molar-refractivity contribution < 1.29 is 4.74 Å². The van der Waals surface area contributed by atoms with Gasteiger partial charge in [-0.05, 0) is 20.5 Å². The van der Waals surface area contributed by atoms with Gasteiger partial charge in [0.15, 0.2) is 0 Å². The fourth-order valence-corrected chi connectivity index (χ4v) is 3.90. The highest BCUT2D eigenvalue weighted by atomic mass is 16.5. The van der Waals surface area contributed by atoms with Gasteiger partial charge in [0, 0.05) is 57.8 Å². The first kappa shape index (κ1) is 17.2. The van der Waals surface area contributed by atoms with Gasteiger partial charge in [0.2, 0.25) is 0 Å². The van der Waals surface area contributed by atoms with E-state index in [2.05, 4.69) is 54.4 Å².